The molecule has 1 rings (SSSR count). The van der Waals surface area contributed by atoms with Gasteiger partial charge in [0.2, 0.25) is 0 Å². The third kappa shape index (κ3) is 2.62. The van der Waals surface area contributed by atoms with Gasteiger partial charge in [-0.15, -0.1) is 0 Å². The topological polar surface area (TPSA) is 29.3 Å². The smallest absolute Gasteiger partial charge is 0.0656 e. The lowest BCUT2D eigenvalue weighted by Gasteiger charge is -2.31. The lowest BCUT2D eigenvalue weighted by molar-refractivity contribution is 0.629. The van der Waals surface area contributed by atoms with E-state index < -0.39 is 0 Å². The molecule has 0 bridgehead atoms. The third-order valence-corrected chi connectivity index (χ3v) is 3.42. The number of aryl methyl sites for hydroxylation is 1. The first-order valence-corrected chi connectivity index (χ1v) is 6.21. The Bertz CT molecular complexity index is 363. The summed E-state index contributed by atoms with van der Waals surface area (Å²) < 4.78 is 0. The zero-order chi connectivity index (χ0) is 12.3. The Morgan fingerprint density at radius 3 is 2.50 bits per heavy atom. The van der Waals surface area contributed by atoms with E-state index in [-0.39, 0.29) is 0 Å². The Hall–Kier alpha value is -0.890. The predicted molar refractivity (Wildman–Crippen MR) is 73.4 cm³/mol. The van der Waals surface area contributed by atoms with Gasteiger partial charge in [0.15, 0.2) is 0 Å². The van der Waals surface area contributed by atoms with Crippen molar-refractivity contribution in [1.29, 1.82) is 0 Å². The summed E-state index contributed by atoms with van der Waals surface area (Å²) in [4.78, 5) is 2.36. The van der Waals surface area contributed by atoms with Gasteiger partial charge in [0.1, 0.15) is 0 Å². The monoisotopic (exact) mass is 240 g/mol. The molecule has 0 aliphatic rings. The minimum absolute atomic E-state index is 0.517. The lowest BCUT2D eigenvalue weighted by Crippen LogP contribution is -2.32. The molecule has 0 aliphatic heterocycles. The van der Waals surface area contributed by atoms with Crippen molar-refractivity contribution in [1.82, 2.24) is 0 Å². The number of anilines is 2. The fourth-order valence-corrected chi connectivity index (χ4v) is 2.10. The van der Waals surface area contributed by atoms with E-state index in [1.807, 2.05) is 12.1 Å². The second kappa shape index (κ2) is 5.44. The van der Waals surface area contributed by atoms with Gasteiger partial charge in [-0.3, -0.25) is 0 Å². The standard InChI is InChI=1S/C13H21ClN2/c1-5-10(4)16(6-2)13-8-11(14)12(15)7-9(13)3/h7-8,10H,5-6,15H2,1-4H3. The summed E-state index contributed by atoms with van der Waals surface area (Å²) >= 11 is 6.08. The quantitative estimate of drug-likeness (QED) is 0.810. The Morgan fingerprint density at radius 1 is 1.38 bits per heavy atom. The number of nitrogens with zero attached hydrogens (tertiary/aromatic N) is 1. The molecule has 1 aromatic rings. The molecule has 0 aromatic heterocycles. The first kappa shape index (κ1) is 13.2. The fraction of sp³-hybridized carbons (Fsp3) is 0.538. The number of nitrogens with two attached hydrogens (primary N) is 1. The van der Waals surface area contributed by atoms with Crippen molar-refractivity contribution in [2.24, 2.45) is 0 Å². The Kier molecular flexibility index (Phi) is 4.48. The maximum atomic E-state index is 6.08. The summed E-state index contributed by atoms with van der Waals surface area (Å²) in [5.41, 5.74) is 8.82. The van der Waals surface area contributed by atoms with Crippen molar-refractivity contribution in [2.45, 2.75) is 40.2 Å². The average Bonchev–Trinajstić information content (AvgIpc) is 2.26. The van der Waals surface area contributed by atoms with Crippen molar-refractivity contribution < 1.29 is 0 Å². The zero-order valence-corrected chi connectivity index (χ0v) is 11.3. The minimum atomic E-state index is 0.517. The molecule has 0 heterocycles. The molecule has 0 spiro atoms. The first-order valence-electron chi connectivity index (χ1n) is 5.83. The van der Waals surface area contributed by atoms with E-state index in [0.29, 0.717) is 16.8 Å². The highest BCUT2D eigenvalue weighted by Gasteiger charge is 2.14. The van der Waals surface area contributed by atoms with Crippen LogP contribution in [0.15, 0.2) is 12.1 Å². The van der Waals surface area contributed by atoms with Crippen molar-refractivity contribution in [2.75, 3.05) is 17.2 Å². The number of benzene rings is 1. The molecule has 0 amide bonds. The molecule has 1 aromatic carbocycles. The maximum Gasteiger partial charge on any atom is 0.0656 e. The van der Waals surface area contributed by atoms with Crippen molar-refractivity contribution in [3.05, 3.63) is 22.7 Å². The van der Waals surface area contributed by atoms with Crippen LogP contribution in [0, 0.1) is 6.92 Å². The minimum Gasteiger partial charge on any atom is -0.398 e. The molecular weight excluding hydrogens is 220 g/mol. The van der Waals surface area contributed by atoms with E-state index in [4.69, 9.17) is 17.3 Å². The van der Waals surface area contributed by atoms with Crippen LogP contribution in [0.4, 0.5) is 11.4 Å². The Balaban J connectivity index is 3.15. The summed E-state index contributed by atoms with van der Waals surface area (Å²) in [5.74, 6) is 0. The molecule has 3 heteroatoms. The van der Waals surface area contributed by atoms with Crippen LogP contribution >= 0.6 is 11.6 Å². The number of halogens is 1. The van der Waals surface area contributed by atoms with Gasteiger partial charge in [0, 0.05) is 18.3 Å². The molecule has 2 nitrogen and oxygen atoms in total. The summed E-state index contributed by atoms with van der Waals surface area (Å²) in [6, 6.07) is 4.44. The third-order valence-electron chi connectivity index (χ3n) is 3.09. The van der Waals surface area contributed by atoms with E-state index in [9.17, 15) is 0 Å². The molecule has 1 atom stereocenters. The van der Waals surface area contributed by atoms with Crippen LogP contribution in [0.5, 0.6) is 0 Å². The molecule has 2 N–H and O–H groups in total. The summed E-state index contributed by atoms with van der Waals surface area (Å²) in [7, 11) is 0. The van der Waals surface area contributed by atoms with E-state index in [0.717, 1.165) is 13.0 Å². The SMILES string of the molecule is CCC(C)N(CC)c1cc(Cl)c(N)cc1C. The van der Waals surface area contributed by atoms with Crippen LogP contribution in [0.1, 0.15) is 32.8 Å². The van der Waals surface area contributed by atoms with E-state index in [1.165, 1.54) is 11.3 Å². The van der Waals surface area contributed by atoms with Gasteiger partial charge >= 0.3 is 0 Å². The molecular formula is C13H21ClN2. The molecule has 16 heavy (non-hydrogen) atoms. The second-order valence-electron chi connectivity index (χ2n) is 4.20. The van der Waals surface area contributed by atoms with Gasteiger partial charge in [-0.25, -0.2) is 0 Å². The van der Waals surface area contributed by atoms with Crippen LogP contribution in [0.25, 0.3) is 0 Å². The second-order valence-corrected chi connectivity index (χ2v) is 4.61. The van der Waals surface area contributed by atoms with Gasteiger partial charge < -0.3 is 10.6 Å². The normalized spacial score (nSPS) is 12.6. The molecule has 1 unspecified atom stereocenters. The van der Waals surface area contributed by atoms with E-state index in [1.54, 1.807) is 0 Å². The number of hydrogen-bond acceptors (Lipinski definition) is 2. The molecule has 0 aliphatic carbocycles. The van der Waals surface area contributed by atoms with Crippen LogP contribution in [0.2, 0.25) is 5.02 Å². The highest BCUT2D eigenvalue weighted by molar-refractivity contribution is 6.33. The zero-order valence-electron chi connectivity index (χ0n) is 10.5. The van der Waals surface area contributed by atoms with Crippen LogP contribution < -0.4 is 10.6 Å². The Morgan fingerprint density at radius 2 is 2.00 bits per heavy atom. The largest absolute Gasteiger partial charge is 0.398 e. The van der Waals surface area contributed by atoms with Crippen molar-refractivity contribution in [3.8, 4) is 0 Å². The molecule has 90 valence electrons. The van der Waals surface area contributed by atoms with Crippen LogP contribution in [-0.4, -0.2) is 12.6 Å². The fourth-order valence-electron chi connectivity index (χ4n) is 1.94. The predicted octanol–water partition coefficient (Wildman–Crippen LogP) is 3.86. The van der Waals surface area contributed by atoms with E-state index in [2.05, 4.69) is 32.6 Å². The molecule has 0 saturated heterocycles. The van der Waals surface area contributed by atoms with Gasteiger partial charge in [-0.2, -0.15) is 0 Å². The molecule has 0 fully saturated rings. The maximum absolute atomic E-state index is 6.08. The highest BCUT2D eigenvalue weighted by Crippen LogP contribution is 2.30. The number of hydrogen-bond donors (Lipinski definition) is 1. The van der Waals surface area contributed by atoms with Crippen molar-refractivity contribution in [3.63, 3.8) is 0 Å². The first-order chi connectivity index (χ1) is 7.51. The summed E-state index contributed by atoms with van der Waals surface area (Å²) in [6.07, 6.45) is 1.12. The van der Waals surface area contributed by atoms with Crippen molar-refractivity contribution >= 4 is 23.0 Å². The van der Waals surface area contributed by atoms with Crippen LogP contribution in [0.3, 0.4) is 0 Å². The average molecular weight is 241 g/mol. The molecule has 0 radical (unpaired) electrons. The Labute approximate surface area is 103 Å². The van der Waals surface area contributed by atoms with E-state index >= 15 is 0 Å². The number of nitrogen functional groups attached to an aromatic ring is 1. The summed E-state index contributed by atoms with van der Waals surface area (Å²) in [5, 5.41) is 0.641. The van der Waals surface area contributed by atoms with Gasteiger partial charge in [-0.1, -0.05) is 18.5 Å². The summed E-state index contributed by atoms with van der Waals surface area (Å²) in [6.45, 7) is 9.65. The molecule has 0 saturated carbocycles. The van der Waals surface area contributed by atoms with Gasteiger partial charge in [-0.05, 0) is 44.9 Å². The number of rotatable bonds is 4. The van der Waals surface area contributed by atoms with Crippen LogP contribution in [-0.2, 0) is 0 Å². The lowest BCUT2D eigenvalue weighted by atomic mass is 10.1. The highest BCUT2D eigenvalue weighted by atomic mass is 35.5. The van der Waals surface area contributed by atoms with Gasteiger partial charge in [0.05, 0.1) is 10.7 Å². The van der Waals surface area contributed by atoms with Gasteiger partial charge in [0.25, 0.3) is 0 Å².